The number of halogens is 1. The normalized spacial score (nSPS) is 16.6. The molecule has 6 heteroatoms. The lowest BCUT2D eigenvalue weighted by atomic mass is 9.79. The van der Waals surface area contributed by atoms with Crippen molar-refractivity contribution < 1.29 is 14.3 Å². The Morgan fingerprint density at radius 3 is 2.57 bits per heavy atom. The summed E-state index contributed by atoms with van der Waals surface area (Å²) < 4.78 is 5.09. The highest BCUT2D eigenvalue weighted by Crippen LogP contribution is 2.34. The predicted octanol–water partition coefficient (Wildman–Crippen LogP) is 3.10. The molecular weight excluding hydrogens is 316 g/mol. The standard InChI is InChI=1S/C17H21ClN2O3/c1-4-15(21)20-9-7-17(2,8-10-20)16(22)19-14-6-5-12(23-3)11-13(14)18/h4-6,11H,1,7-10H2,2-3H3,(H,19,22). The van der Waals surface area contributed by atoms with E-state index in [1.807, 2.05) is 6.92 Å². The fourth-order valence-electron chi connectivity index (χ4n) is 2.57. The maximum absolute atomic E-state index is 12.6. The minimum Gasteiger partial charge on any atom is -0.497 e. The SMILES string of the molecule is C=CC(=O)N1CCC(C)(C(=O)Nc2ccc(OC)cc2Cl)CC1. The molecular formula is C17H21ClN2O3. The Labute approximate surface area is 141 Å². The van der Waals surface area contributed by atoms with E-state index in [9.17, 15) is 9.59 Å². The van der Waals surface area contributed by atoms with Crippen molar-refractivity contribution in [2.24, 2.45) is 5.41 Å². The van der Waals surface area contributed by atoms with E-state index in [0.717, 1.165) is 0 Å². The Kier molecular flexibility index (Phi) is 5.31. The molecule has 0 spiro atoms. The average Bonchev–Trinajstić information content (AvgIpc) is 2.56. The molecule has 0 bridgehead atoms. The molecule has 0 atom stereocenters. The van der Waals surface area contributed by atoms with E-state index in [-0.39, 0.29) is 11.8 Å². The van der Waals surface area contributed by atoms with Crippen LogP contribution < -0.4 is 10.1 Å². The van der Waals surface area contributed by atoms with Crippen LogP contribution in [-0.4, -0.2) is 36.9 Å². The van der Waals surface area contributed by atoms with Gasteiger partial charge in [0, 0.05) is 19.2 Å². The summed E-state index contributed by atoms with van der Waals surface area (Å²) >= 11 is 6.16. The van der Waals surface area contributed by atoms with Crippen LogP contribution in [0.3, 0.4) is 0 Å². The molecule has 0 saturated carbocycles. The summed E-state index contributed by atoms with van der Waals surface area (Å²) in [6.45, 7) is 6.50. The summed E-state index contributed by atoms with van der Waals surface area (Å²) in [5, 5.41) is 3.31. The third-order valence-corrected chi connectivity index (χ3v) is 4.64. The van der Waals surface area contributed by atoms with E-state index in [0.29, 0.717) is 42.4 Å². The monoisotopic (exact) mass is 336 g/mol. The van der Waals surface area contributed by atoms with Crippen LogP contribution in [0.25, 0.3) is 0 Å². The molecule has 1 fully saturated rings. The van der Waals surface area contributed by atoms with E-state index in [4.69, 9.17) is 16.3 Å². The van der Waals surface area contributed by atoms with E-state index in [2.05, 4.69) is 11.9 Å². The molecule has 0 aromatic heterocycles. The van der Waals surface area contributed by atoms with Crippen molar-refractivity contribution in [1.82, 2.24) is 4.90 Å². The molecule has 1 aliphatic rings. The first-order valence-corrected chi connectivity index (χ1v) is 7.84. The molecule has 2 amide bonds. The van der Waals surface area contributed by atoms with Gasteiger partial charge in [0.05, 0.1) is 23.2 Å². The topological polar surface area (TPSA) is 58.6 Å². The highest BCUT2D eigenvalue weighted by atomic mass is 35.5. The van der Waals surface area contributed by atoms with Gasteiger partial charge in [-0.05, 0) is 31.1 Å². The Balaban J connectivity index is 2.03. The third kappa shape index (κ3) is 3.85. The molecule has 0 aliphatic carbocycles. The molecule has 1 heterocycles. The average molecular weight is 337 g/mol. The zero-order valence-electron chi connectivity index (χ0n) is 13.4. The van der Waals surface area contributed by atoms with Crippen LogP contribution in [-0.2, 0) is 9.59 Å². The maximum atomic E-state index is 12.6. The summed E-state index contributed by atoms with van der Waals surface area (Å²) in [5.41, 5.74) is 0.0320. The fourth-order valence-corrected chi connectivity index (χ4v) is 2.79. The maximum Gasteiger partial charge on any atom is 0.245 e. The van der Waals surface area contributed by atoms with Gasteiger partial charge >= 0.3 is 0 Å². The van der Waals surface area contributed by atoms with E-state index >= 15 is 0 Å². The largest absolute Gasteiger partial charge is 0.497 e. The number of piperidine rings is 1. The molecule has 5 nitrogen and oxygen atoms in total. The summed E-state index contributed by atoms with van der Waals surface area (Å²) in [6.07, 6.45) is 2.51. The number of ether oxygens (including phenoxy) is 1. The lowest BCUT2D eigenvalue weighted by molar-refractivity contribution is -0.134. The number of hydrogen-bond acceptors (Lipinski definition) is 3. The summed E-state index contributed by atoms with van der Waals surface area (Å²) in [6, 6.07) is 5.12. The number of likely N-dealkylation sites (tertiary alicyclic amines) is 1. The van der Waals surface area contributed by atoms with Crippen molar-refractivity contribution in [2.75, 3.05) is 25.5 Å². The number of nitrogens with zero attached hydrogens (tertiary/aromatic N) is 1. The molecule has 1 aliphatic heterocycles. The first-order chi connectivity index (χ1) is 10.9. The molecule has 2 rings (SSSR count). The number of rotatable bonds is 4. The second-order valence-corrected chi connectivity index (χ2v) is 6.30. The Hall–Kier alpha value is -2.01. The zero-order chi connectivity index (χ0) is 17.0. The quantitative estimate of drug-likeness (QED) is 0.859. The number of benzene rings is 1. The van der Waals surface area contributed by atoms with Crippen LogP contribution in [0.2, 0.25) is 5.02 Å². The lowest BCUT2D eigenvalue weighted by Gasteiger charge is -2.37. The summed E-state index contributed by atoms with van der Waals surface area (Å²) in [5.74, 6) is 0.455. The Morgan fingerprint density at radius 2 is 2.04 bits per heavy atom. The minimum absolute atomic E-state index is 0.0877. The number of carbonyl (C=O) groups is 2. The molecule has 0 unspecified atom stereocenters. The fraction of sp³-hybridized carbons (Fsp3) is 0.412. The van der Waals surface area contributed by atoms with E-state index in [1.165, 1.54) is 6.08 Å². The van der Waals surface area contributed by atoms with Crippen molar-refractivity contribution in [2.45, 2.75) is 19.8 Å². The number of amides is 2. The van der Waals surface area contributed by atoms with Gasteiger partial charge in [-0.3, -0.25) is 9.59 Å². The highest BCUT2D eigenvalue weighted by molar-refractivity contribution is 6.33. The number of methoxy groups -OCH3 is 1. The van der Waals surface area contributed by atoms with Crippen molar-refractivity contribution in [1.29, 1.82) is 0 Å². The molecule has 1 aromatic rings. The summed E-state index contributed by atoms with van der Waals surface area (Å²) in [7, 11) is 1.56. The van der Waals surface area contributed by atoms with Crippen LogP contribution in [0.5, 0.6) is 5.75 Å². The van der Waals surface area contributed by atoms with Gasteiger partial charge in [-0.25, -0.2) is 0 Å². The highest BCUT2D eigenvalue weighted by Gasteiger charge is 2.37. The van der Waals surface area contributed by atoms with Crippen molar-refractivity contribution in [3.63, 3.8) is 0 Å². The lowest BCUT2D eigenvalue weighted by Crippen LogP contribution is -2.46. The first kappa shape index (κ1) is 17.3. The van der Waals surface area contributed by atoms with Crippen LogP contribution in [0.1, 0.15) is 19.8 Å². The van der Waals surface area contributed by atoms with Gasteiger partial charge in [-0.1, -0.05) is 25.1 Å². The van der Waals surface area contributed by atoms with Crippen LogP contribution in [0.15, 0.2) is 30.9 Å². The van der Waals surface area contributed by atoms with Crippen LogP contribution in [0, 0.1) is 5.41 Å². The molecule has 1 N–H and O–H groups in total. The van der Waals surface area contributed by atoms with Gasteiger partial charge in [0.25, 0.3) is 0 Å². The number of carbonyl (C=O) groups excluding carboxylic acids is 2. The molecule has 1 aromatic carbocycles. The molecule has 124 valence electrons. The van der Waals surface area contributed by atoms with Gasteiger partial charge in [-0.2, -0.15) is 0 Å². The van der Waals surface area contributed by atoms with Crippen molar-refractivity contribution >= 4 is 29.1 Å². The van der Waals surface area contributed by atoms with Gasteiger partial charge < -0.3 is 15.0 Å². The molecule has 23 heavy (non-hydrogen) atoms. The predicted molar refractivity (Wildman–Crippen MR) is 90.8 cm³/mol. The van der Waals surface area contributed by atoms with Gasteiger partial charge in [0.2, 0.25) is 11.8 Å². The Morgan fingerprint density at radius 1 is 1.39 bits per heavy atom. The second-order valence-electron chi connectivity index (χ2n) is 5.89. The molecule has 0 radical (unpaired) electrons. The number of anilines is 1. The van der Waals surface area contributed by atoms with Crippen LogP contribution >= 0.6 is 11.6 Å². The Bertz CT molecular complexity index is 622. The van der Waals surface area contributed by atoms with Crippen LogP contribution in [0.4, 0.5) is 5.69 Å². The third-order valence-electron chi connectivity index (χ3n) is 4.33. The zero-order valence-corrected chi connectivity index (χ0v) is 14.2. The van der Waals surface area contributed by atoms with Gasteiger partial charge in [-0.15, -0.1) is 0 Å². The first-order valence-electron chi connectivity index (χ1n) is 7.46. The summed E-state index contributed by atoms with van der Waals surface area (Å²) in [4.78, 5) is 25.9. The number of hydrogen-bond donors (Lipinski definition) is 1. The smallest absolute Gasteiger partial charge is 0.245 e. The molecule has 1 saturated heterocycles. The van der Waals surface area contributed by atoms with E-state index < -0.39 is 5.41 Å². The minimum atomic E-state index is -0.527. The van der Waals surface area contributed by atoms with Crippen molar-refractivity contribution in [3.8, 4) is 5.75 Å². The van der Waals surface area contributed by atoms with Gasteiger partial charge in [0.1, 0.15) is 5.75 Å². The van der Waals surface area contributed by atoms with Gasteiger partial charge in [0.15, 0.2) is 0 Å². The number of nitrogens with one attached hydrogen (secondary N) is 1. The van der Waals surface area contributed by atoms with Crippen molar-refractivity contribution in [3.05, 3.63) is 35.9 Å². The second kappa shape index (κ2) is 7.04. The van der Waals surface area contributed by atoms with E-state index in [1.54, 1.807) is 30.2 Å².